The Labute approximate surface area is 126 Å². The first-order chi connectivity index (χ1) is 9.74. The van der Waals surface area contributed by atoms with Crippen molar-refractivity contribution in [2.45, 2.75) is 57.5 Å². The van der Waals surface area contributed by atoms with Crippen LogP contribution in [-0.4, -0.2) is 11.2 Å². The van der Waals surface area contributed by atoms with Gasteiger partial charge in [0.15, 0.2) is 5.11 Å². The van der Waals surface area contributed by atoms with Crippen LogP contribution < -0.4 is 10.6 Å². The molecule has 0 unspecified atom stereocenters. The molecule has 0 bridgehead atoms. The van der Waals surface area contributed by atoms with Crippen molar-refractivity contribution >= 4 is 17.3 Å². The highest BCUT2D eigenvalue weighted by molar-refractivity contribution is 7.80. The lowest BCUT2D eigenvalue weighted by Crippen LogP contribution is -2.41. The summed E-state index contributed by atoms with van der Waals surface area (Å²) in [5.74, 6) is -0.205. The van der Waals surface area contributed by atoms with Gasteiger partial charge in [0.1, 0.15) is 5.82 Å². The number of thiocarbonyl (C=S) groups is 1. The molecule has 0 saturated heterocycles. The molecule has 0 atom stereocenters. The zero-order valence-corrected chi connectivity index (χ0v) is 12.6. The monoisotopic (exact) mass is 294 g/mol. The maximum atomic E-state index is 12.8. The first kappa shape index (κ1) is 15.2. The van der Waals surface area contributed by atoms with Crippen molar-refractivity contribution in [2.75, 3.05) is 0 Å². The number of rotatable bonds is 3. The summed E-state index contributed by atoms with van der Waals surface area (Å²) in [7, 11) is 0. The minimum atomic E-state index is -0.205. The van der Waals surface area contributed by atoms with E-state index in [1.165, 1.54) is 57.1 Å². The van der Waals surface area contributed by atoms with Gasteiger partial charge in [-0.1, -0.05) is 44.2 Å². The van der Waals surface area contributed by atoms with Gasteiger partial charge in [-0.2, -0.15) is 0 Å². The lowest BCUT2D eigenvalue weighted by Gasteiger charge is -2.22. The van der Waals surface area contributed by atoms with E-state index in [1.807, 2.05) is 0 Å². The Morgan fingerprint density at radius 3 is 2.30 bits per heavy atom. The van der Waals surface area contributed by atoms with Crippen LogP contribution in [0.1, 0.15) is 50.5 Å². The fraction of sp³-hybridized carbons (Fsp3) is 0.562. The van der Waals surface area contributed by atoms with E-state index in [2.05, 4.69) is 10.6 Å². The molecular formula is C16H23FN2S. The smallest absolute Gasteiger partial charge is 0.166 e. The Morgan fingerprint density at radius 1 is 1.05 bits per heavy atom. The molecule has 1 fully saturated rings. The van der Waals surface area contributed by atoms with Crippen LogP contribution in [0.15, 0.2) is 24.3 Å². The third kappa shape index (κ3) is 5.45. The normalized spacial score (nSPS) is 17.1. The minimum absolute atomic E-state index is 0.205. The Balaban J connectivity index is 1.72. The molecule has 20 heavy (non-hydrogen) atoms. The lowest BCUT2D eigenvalue weighted by atomic mass is 9.97. The molecule has 1 aromatic rings. The Bertz CT molecular complexity index is 411. The molecule has 2 N–H and O–H groups in total. The first-order valence-corrected chi connectivity index (χ1v) is 7.94. The molecule has 1 aromatic carbocycles. The average Bonchev–Trinajstić information content (AvgIpc) is 2.41. The van der Waals surface area contributed by atoms with Crippen LogP contribution in [-0.2, 0) is 6.54 Å². The van der Waals surface area contributed by atoms with Crippen molar-refractivity contribution in [1.29, 1.82) is 0 Å². The van der Waals surface area contributed by atoms with Crippen molar-refractivity contribution in [3.05, 3.63) is 35.6 Å². The molecule has 2 rings (SSSR count). The van der Waals surface area contributed by atoms with Crippen molar-refractivity contribution in [3.8, 4) is 0 Å². The van der Waals surface area contributed by atoms with Gasteiger partial charge in [0.05, 0.1) is 0 Å². The van der Waals surface area contributed by atoms with Crippen molar-refractivity contribution in [3.63, 3.8) is 0 Å². The fourth-order valence-electron chi connectivity index (χ4n) is 2.62. The summed E-state index contributed by atoms with van der Waals surface area (Å²) in [6.07, 6.45) is 9.05. The summed E-state index contributed by atoms with van der Waals surface area (Å²) in [5, 5.41) is 7.32. The summed E-state index contributed by atoms with van der Waals surface area (Å²) in [6.45, 7) is 0.638. The molecule has 0 aliphatic heterocycles. The van der Waals surface area contributed by atoms with E-state index >= 15 is 0 Å². The molecule has 0 amide bonds. The molecule has 4 heteroatoms. The van der Waals surface area contributed by atoms with Gasteiger partial charge in [0, 0.05) is 12.6 Å². The van der Waals surface area contributed by atoms with Crippen LogP contribution in [0, 0.1) is 5.82 Å². The van der Waals surface area contributed by atoms with Crippen molar-refractivity contribution in [2.24, 2.45) is 0 Å². The molecule has 1 aliphatic carbocycles. The zero-order valence-electron chi connectivity index (χ0n) is 11.8. The predicted octanol–water partition coefficient (Wildman–Crippen LogP) is 3.90. The third-order valence-corrected chi connectivity index (χ3v) is 4.07. The summed E-state index contributed by atoms with van der Waals surface area (Å²) in [4.78, 5) is 0. The summed E-state index contributed by atoms with van der Waals surface area (Å²) >= 11 is 5.34. The van der Waals surface area contributed by atoms with Crippen LogP contribution in [0.5, 0.6) is 0 Å². The average molecular weight is 294 g/mol. The minimum Gasteiger partial charge on any atom is -0.360 e. The molecule has 0 aromatic heterocycles. The van der Waals surface area contributed by atoms with Crippen LogP contribution in [0.2, 0.25) is 0 Å². The van der Waals surface area contributed by atoms with E-state index in [1.54, 1.807) is 12.1 Å². The van der Waals surface area contributed by atoms with Crippen LogP contribution >= 0.6 is 12.2 Å². The van der Waals surface area contributed by atoms with Gasteiger partial charge in [0.25, 0.3) is 0 Å². The lowest BCUT2D eigenvalue weighted by molar-refractivity contribution is 0.427. The molecule has 2 nitrogen and oxygen atoms in total. The quantitative estimate of drug-likeness (QED) is 0.827. The van der Waals surface area contributed by atoms with Crippen molar-refractivity contribution < 1.29 is 4.39 Å². The molecular weight excluding hydrogens is 271 g/mol. The Hall–Kier alpha value is -1.16. The van der Waals surface area contributed by atoms with E-state index in [4.69, 9.17) is 12.2 Å². The second-order valence-corrected chi connectivity index (χ2v) is 5.90. The van der Waals surface area contributed by atoms with E-state index in [9.17, 15) is 4.39 Å². The van der Waals surface area contributed by atoms with Gasteiger partial charge in [-0.3, -0.25) is 0 Å². The second kappa shape index (κ2) is 8.20. The highest BCUT2D eigenvalue weighted by atomic mass is 32.1. The Kier molecular flexibility index (Phi) is 6.25. The molecule has 110 valence electrons. The van der Waals surface area contributed by atoms with Gasteiger partial charge in [-0.05, 0) is 42.8 Å². The van der Waals surface area contributed by atoms with Crippen LogP contribution in [0.4, 0.5) is 4.39 Å². The first-order valence-electron chi connectivity index (χ1n) is 7.53. The highest BCUT2D eigenvalue weighted by Gasteiger charge is 2.11. The second-order valence-electron chi connectivity index (χ2n) is 5.50. The molecule has 0 heterocycles. The number of benzene rings is 1. The number of halogens is 1. The largest absolute Gasteiger partial charge is 0.360 e. The molecule has 0 radical (unpaired) electrons. The van der Waals surface area contributed by atoms with Gasteiger partial charge in [-0.15, -0.1) is 0 Å². The molecule has 0 spiro atoms. The van der Waals surface area contributed by atoms with Crippen LogP contribution in [0.3, 0.4) is 0 Å². The third-order valence-electron chi connectivity index (χ3n) is 3.81. The van der Waals surface area contributed by atoms with Gasteiger partial charge in [0.2, 0.25) is 0 Å². The molecule has 1 aliphatic rings. The van der Waals surface area contributed by atoms with E-state index in [-0.39, 0.29) is 5.82 Å². The summed E-state index contributed by atoms with van der Waals surface area (Å²) in [5.41, 5.74) is 1.04. The zero-order chi connectivity index (χ0) is 14.2. The number of nitrogens with one attached hydrogen (secondary N) is 2. The Morgan fingerprint density at radius 2 is 1.65 bits per heavy atom. The number of hydrogen-bond acceptors (Lipinski definition) is 1. The maximum absolute atomic E-state index is 12.8. The fourth-order valence-corrected chi connectivity index (χ4v) is 2.86. The molecule has 1 saturated carbocycles. The van der Waals surface area contributed by atoms with E-state index in [0.29, 0.717) is 17.7 Å². The summed E-state index contributed by atoms with van der Waals surface area (Å²) < 4.78 is 12.8. The SMILES string of the molecule is Fc1ccc(CNC(=S)NC2CCCCCCC2)cc1. The summed E-state index contributed by atoms with van der Waals surface area (Å²) in [6, 6.07) is 7.01. The van der Waals surface area contributed by atoms with Gasteiger partial charge >= 0.3 is 0 Å². The predicted molar refractivity (Wildman–Crippen MR) is 85.1 cm³/mol. The standard InChI is InChI=1S/C16H23FN2S/c17-14-10-8-13(9-11-14)12-18-16(20)19-15-6-4-2-1-3-5-7-15/h8-11,15H,1-7,12H2,(H2,18,19,20). The van der Waals surface area contributed by atoms with Gasteiger partial charge in [-0.25, -0.2) is 4.39 Å². The number of hydrogen-bond donors (Lipinski definition) is 2. The van der Waals surface area contributed by atoms with E-state index < -0.39 is 0 Å². The van der Waals surface area contributed by atoms with Crippen LogP contribution in [0.25, 0.3) is 0 Å². The van der Waals surface area contributed by atoms with Crippen molar-refractivity contribution in [1.82, 2.24) is 10.6 Å². The van der Waals surface area contributed by atoms with E-state index in [0.717, 1.165) is 5.56 Å². The highest BCUT2D eigenvalue weighted by Crippen LogP contribution is 2.17. The maximum Gasteiger partial charge on any atom is 0.166 e. The topological polar surface area (TPSA) is 24.1 Å². The van der Waals surface area contributed by atoms with Gasteiger partial charge < -0.3 is 10.6 Å².